The number of aromatic nitrogens is 1. The second-order valence-electron chi connectivity index (χ2n) is 6.52. The summed E-state index contributed by atoms with van der Waals surface area (Å²) < 4.78 is 0. The van der Waals surface area contributed by atoms with Crippen molar-refractivity contribution < 1.29 is 14.7 Å². The van der Waals surface area contributed by atoms with Crippen LogP contribution in [0.25, 0.3) is 11.1 Å². The van der Waals surface area contributed by atoms with Crippen LogP contribution in [0.5, 0.6) is 0 Å². The fraction of sp³-hybridized carbons (Fsp3) is 0.130. The van der Waals surface area contributed by atoms with E-state index in [1.54, 1.807) is 30.3 Å². The Hall–Kier alpha value is -3.67. The van der Waals surface area contributed by atoms with Gasteiger partial charge in [-0.15, -0.1) is 0 Å². The van der Waals surface area contributed by atoms with E-state index in [2.05, 4.69) is 10.3 Å². The van der Waals surface area contributed by atoms with Crippen LogP contribution in [0.1, 0.15) is 21.6 Å². The van der Waals surface area contributed by atoms with Gasteiger partial charge in [-0.05, 0) is 34.9 Å². The molecule has 3 rings (SSSR count). The number of benzene rings is 2. The molecule has 0 saturated carbocycles. The van der Waals surface area contributed by atoms with Crippen LogP contribution in [0.15, 0.2) is 72.9 Å². The zero-order chi connectivity index (χ0) is 20.6. The van der Waals surface area contributed by atoms with E-state index in [9.17, 15) is 9.59 Å². The standard InChI is InChI=1S/C23H22N3O3/c1-26(15-13-18-9-6-7-14-24-18)22(27)21-12-5-4-11-20(21)19-10-3-2-8-17(19)16-25-23(28)29/h2-12,14,16,25H,13,15H2,1H3,(H,28,29). The Morgan fingerprint density at radius 3 is 2.41 bits per heavy atom. The lowest BCUT2D eigenvalue weighted by atomic mass is 9.94. The second-order valence-corrected chi connectivity index (χ2v) is 6.52. The molecule has 1 heterocycles. The number of hydrogen-bond acceptors (Lipinski definition) is 3. The van der Waals surface area contributed by atoms with Gasteiger partial charge in [0.1, 0.15) is 0 Å². The molecule has 0 unspecified atom stereocenters. The summed E-state index contributed by atoms with van der Waals surface area (Å²) in [6.45, 7) is 1.96. The Kier molecular flexibility index (Phi) is 6.58. The molecule has 2 aromatic carbocycles. The van der Waals surface area contributed by atoms with Gasteiger partial charge in [0.15, 0.2) is 0 Å². The van der Waals surface area contributed by atoms with E-state index < -0.39 is 6.09 Å². The molecule has 0 atom stereocenters. The number of carboxylic acid groups (broad SMARTS) is 1. The van der Waals surface area contributed by atoms with Gasteiger partial charge in [0, 0.05) is 37.5 Å². The van der Waals surface area contributed by atoms with Gasteiger partial charge in [0.2, 0.25) is 0 Å². The molecular weight excluding hydrogens is 366 g/mol. The average Bonchev–Trinajstić information content (AvgIpc) is 2.76. The number of carbonyl (C=O) groups excluding carboxylic acids is 1. The topological polar surface area (TPSA) is 82.5 Å². The third kappa shape index (κ3) is 5.19. The molecule has 1 aromatic heterocycles. The zero-order valence-electron chi connectivity index (χ0n) is 16.1. The number of rotatable bonds is 7. The summed E-state index contributed by atoms with van der Waals surface area (Å²) in [6, 6.07) is 20.4. The largest absolute Gasteiger partial charge is 0.465 e. The van der Waals surface area contributed by atoms with Crippen LogP contribution in [-0.4, -0.2) is 40.6 Å². The third-order valence-corrected chi connectivity index (χ3v) is 4.54. The van der Waals surface area contributed by atoms with Crippen LogP contribution < -0.4 is 5.32 Å². The number of pyridine rings is 1. The molecule has 0 aliphatic rings. The fourth-order valence-electron chi connectivity index (χ4n) is 3.05. The van der Waals surface area contributed by atoms with Gasteiger partial charge in [-0.1, -0.05) is 48.5 Å². The molecule has 2 N–H and O–H groups in total. The minimum absolute atomic E-state index is 0.0995. The molecule has 0 aliphatic carbocycles. The van der Waals surface area contributed by atoms with Crippen LogP contribution in [0, 0.1) is 6.54 Å². The SMILES string of the molecule is CN(CCc1ccccn1)C(=O)c1ccccc1-c1ccccc1[CH]NC(=O)O. The summed E-state index contributed by atoms with van der Waals surface area (Å²) in [5.74, 6) is -0.0995. The normalized spacial score (nSPS) is 10.4. The lowest BCUT2D eigenvalue weighted by molar-refractivity contribution is 0.0797. The smallest absolute Gasteiger partial charge is 0.405 e. The van der Waals surface area contributed by atoms with Crippen molar-refractivity contribution >= 4 is 12.0 Å². The van der Waals surface area contributed by atoms with Crippen molar-refractivity contribution in [2.24, 2.45) is 0 Å². The first kappa shape index (κ1) is 20.1. The zero-order valence-corrected chi connectivity index (χ0v) is 16.1. The van der Waals surface area contributed by atoms with Gasteiger partial charge in [-0.2, -0.15) is 0 Å². The van der Waals surface area contributed by atoms with Gasteiger partial charge in [-0.25, -0.2) is 4.79 Å². The molecule has 29 heavy (non-hydrogen) atoms. The highest BCUT2D eigenvalue weighted by Gasteiger charge is 2.18. The summed E-state index contributed by atoms with van der Waals surface area (Å²) >= 11 is 0. The summed E-state index contributed by atoms with van der Waals surface area (Å²) in [5, 5.41) is 11.2. The quantitative estimate of drug-likeness (QED) is 0.644. The number of nitrogens with one attached hydrogen (secondary N) is 1. The maximum atomic E-state index is 13.1. The van der Waals surface area contributed by atoms with Gasteiger partial charge >= 0.3 is 6.09 Å². The van der Waals surface area contributed by atoms with E-state index >= 15 is 0 Å². The maximum absolute atomic E-state index is 13.1. The van der Waals surface area contributed by atoms with E-state index in [-0.39, 0.29) is 5.91 Å². The van der Waals surface area contributed by atoms with Gasteiger partial charge in [0.25, 0.3) is 5.91 Å². The molecule has 3 aromatic rings. The Morgan fingerprint density at radius 1 is 1.00 bits per heavy atom. The minimum Gasteiger partial charge on any atom is -0.465 e. The lowest BCUT2D eigenvalue weighted by Gasteiger charge is -2.20. The van der Waals surface area contributed by atoms with E-state index in [0.717, 1.165) is 16.8 Å². The lowest BCUT2D eigenvalue weighted by Crippen LogP contribution is -2.29. The molecule has 0 aliphatic heterocycles. The highest BCUT2D eigenvalue weighted by molar-refractivity contribution is 6.01. The molecular formula is C23H22N3O3. The molecule has 0 fully saturated rings. The van der Waals surface area contributed by atoms with Crippen LogP contribution >= 0.6 is 0 Å². The van der Waals surface area contributed by atoms with E-state index in [1.165, 1.54) is 6.54 Å². The number of hydrogen-bond donors (Lipinski definition) is 2. The van der Waals surface area contributed by atoms with Gasteiger partial charge < -0.3 is 15.3 Å². The second kappa shape index (κ2) is 9.50. The number of amides is 2. The molecule has 6 nitrogen and oxygen atoms in total. The first-order chi connectivity index (χ1) is 14.1. The van der Waals surface area contributed by atoms with E-state index in [1.807, 2.05) is 54.6 Å². The summed E-state index contributed by atoms with van der Waals surface area (Å²) in [5.41, 5.74) is 3.71. The van der Waals surface area contributed by atoms with E-state index in [4.69, 9.17) is 5.11 Å². The summed E-state index contributed by atoms with van der Waals surface area (Å²) in [6.07, 6.45) is 1.27. The van der Waals surface area contributed by atoms with Crippen LogP contribution in [0.3, 0.4) is 0 Å². The highest BCUT2D eigenvalue weighted by Crippen LogP contribution is 2.28. The Bertz CT molecular complexity index is 989. The molecule has 1 radical (unpaired) electrons. The van der Waals surface area contributed by atoms with Gasteiger partial charge in [-0.3, -0.25) is 9.78 Å². The number of nitrogens with zero attached hydrogens (tertiary/aromatic N) is 2. The fourth-order valence-corrected chi connectivity index (χ4v) is 3.05. The third-order valence-electron chi connectivity index (χ3n) is 4.54. The van der Waals surface area contributed by atoms with Crippen molar-refractivity contribution in [2.75, 3.05) is 13.6 Å². The minimum atomic E-state index is -1.14. The molecule has 0 saturated heterocycles. The first-order valence-electron chi connectivity index (χ1n) is 9.22. The predicted octanol–water partition coefficient (Wildman–Crippen LogP) is 3.84. The van der Waals surface area contributed by atoms with Gasteiger partial charge in [0.05, 0.1) is 6.54 Å². The molecule has 0 spiro atoms. The van der Waals surface area contributed by atoms with Crippen molar-refractivity contribution in [2.45, 2.75) is 6.42 Å². The molecule has 6 heteroatoms. The Morgan fingerprint density at radius 2 is 1.69 bits per heavy atom. The number of carbonyl (C=O) groups is 2. The van der Waals surface area contributed by atoms with E-state index in [0.29, 0.717) is 24.1 Å². The number of likely N-dealkylation sites (N-methyl/N-ethyl adjacent to an activating group) is 1. The van der Waals surface area contributed by atoms with Crippen molar-refractivity contribution in [1.82, 2.24) is 15.2 Å². The molecule has 2 amide bonds. The Balaban J connectivity index is 1.83. The van der Waals surface area contributed by atoms with Crippen molar-refractivity contribution in [3.05, 3.63) is 96.3 Å². The average molecular weight is 388 g/mol. The predicted molar refractivity (Wildman–Crippen MR) is 111 cm³/mol. The van der Waals surface area contributed by atoms with Crippen LogP contribution in [0.2, 0.25) is 0 Å². The Labute approximate surface area is 169 Å². The molecule has 147 valence electrons. The van der Waals surface area contributed by atoms with Crippen molar-refractivity contribution in [3.8, 4) is 11.1 Å². The maximum Gasteiger partial charge on any atom is 0.405 e. The van der Waals surface area contributed by atoms with Crippen LogP contribution in [0.4, 0.5) is 4.79 Å². The monoisotopic (exact) mass is 388 g/mol. The summed E-state index contributed by atoms with van der Waals surface area (Å²) in [7, 11) is 1.77. The van der Waals surface area contributed by atoms with Crippen molar-refractivity contribution in [3.63, 3.8) is 0 Å². The van der Waals surface area contributed by atoms with Crippen LogP contribution in [-0.2, 0) is 6.42 Å². The first-order valence-corrected chi connectivity index (χ1v) is 9.22. The van der Waals surface area contributed by atoms with Crippen molar-refractivity contribution in [1.29, 1.82) is 0 Å². The summed E-state index contributed by atoms with van der Waals surface area (Å²) in [4.78, 5) is 30.0. The highest BCUT2D eigenvalue weighted by atomic mass is 16.4. The molecule has 0 bridgehead atoms.